The summed E-state index contributed by atoms with van der Waals surface area (Å²) >= 11 is 0. The minimum atomic E-state index is -1.02. The number of halogens is 1. The third-order valence-corrected chi connectivity index (χ3v) is 4.81. The summed E-state index contributed by atoms with van der Waals surface area (Å²) in [4.78, 5) is 23.0. The third-order valence-electron chi connectivity index (χ3n) is 4.81. The lowest BCUT2D eigenvalue weighted by molar-refractivity contribution is -0.139. The molecule has 1 aliphatic rings. The first kappa shape index (κ1) is 18.9. The number of carboxylic acids is 1. The van der Waals surface area contributed by atoms with Gasteiger partial charge in [-0.2, -0.15) is 0 Å². The zero-order chi connectivity index (χ0) is 19.3. The molecule has 0 saturated heterocycles. The molecule has 0 radical (unpaired) electrons. The van der Waals surface area contributed by atoms with Gasteiger partial charge in [0, 0.05) is 6.54 Å². The van der Waals surface area contributed by atoms with Crippen LogP contribution in [0.25, 0.3) is 0 Å². The lowest BCUT2D eigenvalue weighted by Crippen LogP contribution is -2.34. The highest BCUT2D eigenvalue weighted by Crippen LogP contribution is 2.48. The molecule has 2 aromatic carbocycles. The number of carbonyl (C=O) groups is 2. The lowest BCUT2D eigenvalue weighted by Gasteiger charge is -2.16. The van der Waals surface area contributed by atoms with Crippen LogP contribution in [0.4, 0.5) is 4.39 Å². The number of hydrogen-bond donors (Lipinski definition) is 2. The van der Waals surface area contributed by atoms with E-state index in [1.165, 1.54) is 6.07 Å². The van der Waals surface area contributed by atoms with Gasteiger partial charge in [-0.25, -0.2) is 9.18 Å². The Hall–Kier alpha value is -2.89. The summed E-state index contributed by atoms with van der Waals surface area (Å²) in [5, 5.41) is 11.5. The fourth-order valence-electron chi connectivity index (χ4n) is 3.05. The maximum Gasteiger partial charge on any atom is 0.341 e. The summed E-state index contributed by atoms with van der Waals surface area (Å²) in [7, 11) is 0. The van der Waals surface area contributed by atoms with Crippen LogP contribution in [0.1, 0.15) is 24.0 Å². The van der Waals surface area contributed by atoms with Gasteiger partial charge in [0.15, 0.2) is 6.61 Å². The maximum absolute atomic E-state index is 13.8. The third kappa shape index (κ3) is 5.06. The molecule has 142 valence electrons. The minimum absolute atomic E-state index is 0.0211. The molecule has 1 fully saturated rings. The number of aliphatic carboxylic acids is 1. The van der Waals surface area contributed by atoms with E-state index in [4.69, 9.17) is 9.84 Å². The van der Waals surface area contributed by atoms with Crippen molar-refractivity contribution in [3.05, 3.63) is 65.5 Å². The Morgan fingerprint density at radius 3 is 2.44 bits per heavy atom. The van der Waals surface area contributed by atoms with Crippen molar-refractivity contribution < 1.29 is 23.8 Å². The second kappa shape index (κ2) is 8.20. The Balaban J connectivity index is 1.47. The molecule has 6 heteroatoms. The summed E-state index contributed by atoms with van der Waals surface area (Å²) < 4.78 is 18.9. The van der Waals surface area contributed by atoms with E-state index >= 15 is 0 Å². The maximum atomic E-state index is 13.8. The van der Waals surface area contributed by atoms with Crippen LogP contribution in [0.2, 0.25) is 0 Å². The number of carboxylic acid groups (broad SMARTS) is 1. The molecular weight excluding hydrogens is 349 g/mol. The van der Waals surface area contributed by atoms with Gasteiger partial charge in [0.05, 0.1) is 5.41 Å². The highest BCUT2D eigenvalue weighted by atomic mass is 19.1. The van der Waals surface area contributed by atoms with Crippen molar-refractivity contribution in [2.75, 3.05) is 13.2 Å². The molecule has 0 bridgehead atoms. The molecule has 1 saturated carbocycles. The number of benzene rings is 2. The molecule has 0 aromatic heterocycles. The summed E-state index contributed by atoms with van der Waals surface area (Å²) in [6, 6.07) is 13.7. The topological polar surface area (TPSA) is 75.6 Å². The van der Waals surface area contributed by atoms with E-state index in [9.17, 15) is 14.0 Å². The zero-order valence-electron chi connectivity index (χ0n) is 14.9. The van der Waals surface area contributed by atoms with Crippen LogP contribution in [0.15, 0.2) is 48.5 Å². The smallest absolute Gasteiger partial charge is 0.341 e. The number of carbonyl (C=O) groups excluding carboxylic acids is 1. The van der Waals surface area contributed by atoms with Gasteiger partial charge in [0.2, 0.25) is 5.91 Å². The molecule has 0 unspecified atom stereocenters. The molecule has 0 atom stereocenters. The Morgan fingerprint density at radius 2 is 1.81 bits per heavy atom. The highest BCUT2D eigenvalue weighted by Gasteiger charge is 2.49. The van der Waals surface area contributed by atoms with Crippen molar-refractivity contribution in [2.45, 2.75) is 25.7 Å². The van der Waals surface area contributed by atoms with Crippen molar-refractivity contribution in [3.63, 3.8) is 0 Å². The molecule has 0 spiro atoms. The molecule has 1 aliphatic carbocycles. The van der Waals surface area contributed by atoms with Crippen molar-refractivity contribution in [3.8, 4) is 5.75 Å². The number of hydrogen-bond acceptors (Lipinski definition) is 3. The number of amides is 1. The van der Waals surface area contributed by atoms with E-state index in [0.29, 0.717) is 30.7 Å². The van der Waals surface area contributed by atoms with Crippen LogP contribution in [-0.4, -0.2) is 30.1 Å². The molecule has 2 aromatic rings. The van der Waals surface area contributed by atoms with E-state index in [0.717, 1.165) is 18.4 Å². The molecular formula is C21H22FNO4. The Morgan fingerprint density at radius 1 is 1.11 bits per heavy atom. The second-order valence-corrected chi connectivity index (χ2v) is 6.88. The van der Waals surface area contributed by atoms with Crippen LogP contribution in [0, 0.1) is 11.2 Å². The lowest BCUT2D eigenvalue weighted by atomic mass is 9.95. The predicted octanol–water partition coefficient (Wildman–Crippen LogP) is 2.97. The van der Waals surface area contributed by atoms with Crippen LogP contribution in [0.5, 0.6) is 5.75 Å². The Labute approximate surface area is 157 Å². The largest absolute Gasteiger partial charge is 0.482 e. The van der Waals surface area contributed by atoms with E-state index in [1.54, 1.807) is 30.3 Å². The van der Waals surface area contributed by atoms with Crippen LogP contribution < -0.4 is 10.1 Å². The molecule has 2 N–H and O–H groups in total. The number of ether oxygens (including phenoxy) is 1. The van der Waals surface area contributed by atoms with Crippen LogP contribution in [0.3, 0.4) is 0 Å². The number of rotatable bonds is 9. The van der Waals surface area contributed by atoms with E-state index in [1.807, 2.05) is 12.1 Å². The number of nitrogens with one attached hydrogen (secondary N) is 1. The van der Waals surface area contributed by atoms with Gasteiger partial charge in [-0.15, -0.1) is 0 Å². The molecule has 3 rings (SSSR count). The molecule has 1 amide bonds. The monoisotopic (exact) mass is 371 g/mol. The van der Waals surface area contributed by atoms with E-state index < -0.39 is 11.4 Å². The minimum Gasteiger partial charge on any atom is -0.482 e. The van der Waals surface area contributed by atoms with Crippen molar-refractivity contribution >= 4 is 11.9 Å². The highest BCUT2D eigenvalue weighted by molar-refractivity contribution is 5.85. The Bertz CT molecular complexity index is 815. The molecule has 27 heavy (non-hydrogen) atoms. The van der Waals surface area contributed by atoms with Gasteiger partial charge in [-0.3, -0.25) is 4.79 Å². The van der Waals surface area contributed by atoms with Crippen LogP contribution >= 0.6 is 0 Å². The van der Waals surface area contributed by atoms with Gasteiger partial charge in [-0.1, -0.05) is 30.3 Å². The summed E-state index contributed by atoms with van der Waals surface area (Å²) in [6.45, 7) is 0.118. The van der Waals surface area contributed by atoms with Gasteiger partial charge in [0.25, 0.3) is 0 Å². The van der Waals surface area contributed by atoms with Crippen molar-refractivity contribution in [2.24, 2.45) is 5.41 Å². The van der Waals surface area contributed by atoms with Gasteiger partial charge < -0.3 is 15.2 Å². The van der Waals surface area contributed by atoms with E-state index in [2.05, 4.69) is 5.32 Å². The first-order valence-electron chi connectivity index (χ1n) is 8.94. The summed E-state index contributed by atoms with van der Waals surface area (Å²) in [5.41, 5.74) is 1.12. The average Bonchev–Trinajstić information content (AvgIpc) is 3.44. The first-order chi connectivity index (χ1) is 13.0. The fourth-order valence-corrected chi connectivity index (χ4v) is 3.05. The zero-order valence-corrected chi connectivity index (χ0v) is 14.9. The van der Waals surface area contributed by atoms with Crippen molar-refractivity contribution in [1.29, 1.82) is 0 Å². The molecule has 0 aliphatic heterocycles. The summed E-state index contributed by atoms with van der Waals surface area (Å²) in [5.74, 6) is -0.813. The first-order valence-corrected chi connectivity index (χ1v) is 8.94. The van der Waals surface area contributed by atoms with Crippen molar-refractivity contribution in [1.82, 2.24) is 5.32 Å². The van der Waals surface area contributed by atoms with E-state index in [-0.39, 0.29) is 18.3 Å². The van der Waals surface area contributed by atoms with Gasteiger partial charge >= 0.3 is 5.97 Å². The second-order valence-electron chi connectivity index (χ2n) is 6.88. The quantitative estimate of drug-likeness (QED) is 0.711. The molecule has 5 nitrogen and oxygen atoms in total. The molecule has 0 heterocycles. The fraction of sp³-hybridized carbons (Fsp3) is 0.333. The summed E-state index contributed by atoms with van der Waals surface area (Å²) in [6.07, 6.45) is 2.65. The SMILES string of the molecule is O=C(O)COc1ccc(CCNC(=O)C2(Cc3ccccc3F)CC2)cc1. The van der Waals surface area contributed by atoms with Gasteiger partial charge in [-0.05, 0) is 55.0 Å². The predicted molar refractivity (Wildman–Crippen MR) is 98.1 cm³/mol. The van der Waals surface area contributed by atoms with Gasteiger partial charge in [0.1, 0.15) is 11.6 Å². The average molecular weight is 371 g/mol. The normalized spacial score (nSPS) is 14.4. The Kier molecular flexibility index (Phi) is 5.74. The standard InChI is InChI=1S/C21H22FNO4/c22-18-4-2-1-3-16(18)13-21(10-11-21)20(26)23-12-9-15-5-7-17(8-6-15)27-14-19(24)25/h1-8H,9-14H2,(H,23,26)(H,24,25). The van der Waals surface area contributed by atoms with Crippen LogP contribution in [-0.2, 0) is 22.4 Å².